The van der Waals surface area contributed by atoms with Gasteiger partial charge in [-0.2, -0.15) is 0 Å². The number of carbonyl (C=O) groups is 1. The van der Waals surface area contributed by atoms with Gasteiger partial charge in [0.2, 0.25) is 0 Å². The zero-order valence-electron chi connectivity index (χ0n) is 22.3. The summed E-state index contributed by atoms with van der Waals surface area (Å²) in [5.41, 5.74) is -0.165. The molecule has 0 aliphatic heterocycles. The average molecular weight is 479 g/mol. The van der Waals surface area contributed by atoms with Crippen LogP contribution in [0.15, 0.2) is 0 Å². The van der Waals surface area contributed by atoms with Crippen molar-refractivity contribution in [3.8, 4) is 0 Å². The molecule has 5 nitrogen and oxygen atoms in total. The van der Waals surface area contributed by atoms with Crippen molar-refractivity contribution >= 4 is 5.78 Å². The second kappa shape index (κ2) is 9.43. The van der Waals surface area contributed by atoms with Crippen LogP contribution >= 0.6 is 0 Å². The summed E-state index contributed by atoms with van der Waals surface area (Å²) in [7, 11) is 0. The number of aliphatic hydroxyl groups is 4. The zero-order chi connectivity index (χ0) is 25.2. The first-order valence-electron chi connectivity index (χ1n) is 14.1. The molecule has 0 unspecified atom stereocenters. The smallest absolute Gasteiger partial charge is 0.136 e. The summed E-state index contributed by atoms with van der Waals surface area (Å²) in [5.74, 6) is 2.12. The Labute approximate surface area is 206 Å². The van der Waals surface area contributed by atoms with Gasteiger partial charge in [-0.25, -0.2) is 0 Å². The Balaban J connectivity index is 1.55. The standard InChI is InChI=1S/C29H50O5/c1-7-17(15(2)3)27(34)26(33)16(4)19-8-9-20-18-12-23(30)22-13-24(31)25(32)14-29(22,6)21(18)10-11-28(19,20)5/h15-22,24-27,31-34H,7-14H2,1-6H3/t16-,17-,18-,19+,20-,21-,22-,24-,25+,26+,27+,28-,29+/m0/s1. The van der Waals surface area contributed by atoms with Crippen LogP contribution in [0.5, 0.6) is 0 Å². The molecule has 0 saturated heterocycles. The van der Waals surface area contributed by atoms with Crippen molar-refractivity contribution in [1.29, 1.82) is 0 Å². The molecular formula is C29H50O5. The number of hydrogen-bond donors (Lipinski definition) is 4. The first-order chi connectivity index (χ1) is 15.9. The summed E-state index contributed by atoms with van der Waals surface area (Å²) in [6.45, 7) is 13.1. The third-order valence-electron chi connectivity index (χ3n) is 11.8. The van der Waals surface area contributed by atoms with Gasteiger partial charge >= 0.3 is 0 Å². The Hall–Kier alpha value is -0.490. The van der Waals surface area contributed by atoms with Crippen LogP contribution in [0.1, 0.15) is 92.9 Å². The highest BCUT2D eigenvalue weighted by molar-refractivity contribution is 5.83. The summed E-state index contributed by atoms with van der Waals surface area (Å²) < 4.78 is 0. The number of aliphatic hydroxyl groups excluding tert-OH is 4. The molecule has 4 aliphatic carbocycles. The van der Waals surface area contributed by atoms with E-state index in [1.807, 2.05) is 0 Å². The normalized spacial score (nSPS) is 48.0. The molecule has 196 valence electrons. The van der Waals surface area contributed by atoms with Crippen LogP contribution in [-0.4, -0.2) is 50.6 Å². The van der Waals surface area contributed by atoms with Gasteiger partial charge in [0.15, 0.2) is 0 Å². The third-order valence-corrected chi connectivity index (χ3v) is 11.8. The van der Waals surface area contributed by atoms with Gasteiger partial charge in [-0.1, -0.05) is 48.0 Å². The monoisotopic (exact) mass is 478 g/mol. The lowest BCUT2D eigenvalue weighted by Gasteiger charge is -2.61. The van der Waals surface area contributed by atoms with E-state index in [2.05, 4.69) is 41.5 Å². The zero-order valence-corrected chi connectivity index (χ0v) is 22.3. The molecule has 0 amide bonds. The Kier molecular flexibility index (Phi) is 7.37. The molecule has 0 aromatic carbocycles. The predicted molar refractivity (Wildman–Crippen MR) is 133 cm³/mol. The quantitative estimate of drug-likeness (QED) is 0.459. The molecule has 0 aromatic rings. The Bertz CT molecular complexity index is 753. The fourth-order valence-electron chi connectivity index (χ4n) is 9.89. The SMILES string of the molecule is CC[C@@H](C(C)C)[C@@H](O)[C@H](O)[C@@H](C)[C@H]1CC[C@H]2[C@@H]3CC(=O)[C@@H]4C[C@H](O)[C@H](O)C[C@]4(C)[C@H]3CC[C@@]12C. The van der Waals surface area contributed by atoms with Gasteiger partial charge in [0.25, 0.3) is 0 Å². The van der Waals surface area contributed by atoms with E-state index in [1.54, 1.807) is 0 Å². The third kappa shape index (κ3) is 4.01. The van der Waals surface area contributed by atoms with E-state index >= 15 is 0 Å². The van der Waals surface area contributed by atoms with E-state index in [0.717, 1.165) is 32.1 Å². The van der Waals surface area contributed by atoms with Gasteiger partial charge < -0.3 is 20.4 Å². The first kappa shape index (κ1) is 26.6. The molecule has 5 heteroatoms. The van der Waals surface area contributed by atoms with Gasteiger partial charge in [0, 0.05) is 12.3 Å². The number of ketones is 1. The molecule has 4 aliphatic rings. The first-order valence-corrected chi connectivity index (χ1v) is 14.1. The van der Waals surface area contributed by atoms with Crippen molar-refractivity contribution in [2.24, 2.45) is 58.2 Å². The molecule has 4 fully saturated rings. The van der Waals surface area contributed by atoms with Crippen LogP contribution in [-0.2, 0) is 4.79 Å². The molecule has 4 N–H and O–H groups in total. The van der Waals surface area contributed by atoms with Crippen molar-refractivity contribution in [2.45, 2.75) is 117 Å². The van der Waals surface area contributed by atoms with Crippen molar-refractivity contribution < 1.29 is 25.2 Å². The van der Waals surface area contributed by atoms with Crippen LogP contribution in [0, 0.1) is 58.2 Å². The number of carbonyl (C=O) groups excluding carboxylic acids is 1. The van der Waals surface area contributed by atoms with Gasteiger partial charge in [-0.3, -0.25) is 4.79 Å². The fourth-order valence-corrected chi connectivity index (χ4v) is 9.89. The molecule has 0 aromatic heterocycles. The van der Waals surface area contributed by atoms with E-state index in [0.29, 0.717) is 48.9 Å². The molecular weight excluding hydrogens is 428 g/mol. The molecule has 13 atom stereocenters. The van der Waals surface area contributed by atoms with Crippen molar-refractivity contribution in [2.75, 3.05) is 0 Å². The second-order valence-corrected chi connectivity index (χ2v) is 13.6. The number of rotatable bonds is 6. The second-order valence-electron chi connectivity index (χ2n) is 13.6. The Morgan fingerprint density at radius 1 is 0.941 bits per heavy atom. The number of hydrogen-bond acceptors (Lipinski definition) is 5. The summed E-state index contributed by atoms with van der Waals surface area (Å²) in [5, 5.41) is 43.1. The van der Waals surface area contributed by atoms with Crippen LogP contribution in [0.2, 0.25) is 0 Å². The predicted octanol–water partition coefficient (Wildman–Crippen LogP) is 4.20. The summed E-state index contributed by atoms with van der Waals surface area (Å²) in [6.07, 6.45) is 3.69. The van der Waals surface area contributed by atoms with Gasteiger partial charge in [-0.05, 0) is 90.8 Å². The summed E-state index contributed by atoms with van der Waals surface area (Å²) in [6, 6.07) is 0. The van der Waals surface area contributed by atoms with E-state index in [1.165, 1.54) is 0 Å². The minimum Gasteiger partial charge on any atom is -0.390 e. The average Bonchev–Trinajstić information content (AvgIpc) is 3.12. The number of Topliss-reactive ketones (excluding diaryl/α,β-unsaturated/α-hetero) is 1. The van der Waals surface area contributed by atoms with E-state index in [4.69, 9.17) is 0 Å². The van der Waals surface area contributed by atoms with Crippen molar-refractivity contribution in [3.63, 3.8) is 0 Å². The lowest BCUT2D eigenvalue weighted by Crippen LogP contribution is -2.59. The van der Waals surface area contributed by atoms with Gasteiger partial charge in [0.1, 0.15) is 5.78 Å². The topological polar surface area (TPSA) is 98.0 Å². The minimum atomic E-state index is -0.783. The van der Waals surface area contributed by atoms with Crippen molar-refractivity contribution in [1.82, 2.24) is 0 Å². The lowest BCUT2D eigenvalue weighted by molar-refractivity contribution is -0.175. The van der Waals surface area contributed by atoms with Gasteiger partial charge in [-0.15, -0.1) is 0 Å². The van der Waals surface area contributed by atoms with Gasteiger partial charge in [0.05, 0.1) is 24.4 Å². The van der Waals surface area contributed by atoms with Crippen LogP contribution in [0.25, 0.3) is 0 Å². The van der Waals surface area contributed by atoms with E-state index in [9.17, 15) is 25.2 Å². The number of fused-ring (bicyclic) bond motifs is 5. The van der Waals surface area contributed by atoms with E-state index in [-0.39, 0.29) is 34.4 Å². The maximum absolute atomic E-state index is 13.4. The molecule has 0 bridgehead atoms. The van der Waals surface area contributed by atoms with Crippen LogP contribution < -0.4 is 0 Å². The Morgan fingerprint density at radius 3 is 2.21 bits per heavy atom. The van der Waals surface area contributed by atoms with Crippen LogP contribution in [0.4, 0.5) is 0 Å². The van der Waals surface area contributed by atoms with Crippen LogP contribution in [0.3, 0.4) is 0 Å². The lowest BCUT2D eigenvalue weighted by atomic mass is 9.44. The maximum atomic E-state index is 13.4. The Morgan fingerprint density at radius 2 is 1.59 bits per heavy atom. The molecule has 34 heavy (non-hydrogen) atoms. The highest BCUT2D eigenvalue weighted by Gasteiger charge is 2.63. The molecule has 0 spiro atoms. The highest BCUT2D eigenvalue weighted by atomic mass is 16.3. The molecule has 0 heterocycles. The largest absolute Gasteiger partial charge is 0.390 e. The fraction of sp³-hybridized carbons (Fsp3) is 0.966. The minimum absolute atomic E-state index is 0.0172. The highest BCUT2D eigenvalue weighted by Crippen LogP contribution is 2.67. The summed E-state index contributed by atoms with van der Waals surface area (Å²) in [4.78, 5) is 13.4. The summed E-state index contributed by atoms with van der Waals surface area (Å²) >= 11 is 0. The molecule has 0 radical (unpaired) electrons. The molecule has 4 saturated carbocycles. The van der Waals surface area contributed by atoms with Crippen molar-refractivity contribution in [3.05, 3.63) is 0 Å². The van der Waals surface area contributed by atoms with E-state index < -0.39 is 24.4 Å². The maximum Gasteiger partial charge on any atom is 0.136 e. The molecule has 4 rings (SSSR count).